The predicted octanol–water partition coefficient (Wildman–Crippen LogP) is 4.22. The molecule has 0 aliphatic heterocycles. The number of furan rings is 1. The van der Waals surface area contributed by atoms with Crippen LogP contribution in [0.4, 0.5) is 0 Å². The highest BCUT2D eigenvalue weighted by molar-refractivity contribution is 5.82. The van der Waals surface area contributed by atoms with Crippen LogP contribution in [0.2, 0.25) is 0 Å². The first-order valence-corrected chi connectivity index (χ1v) is 7.19. The maximum Gasteiger partial charge on any atom is 0.134 e. The van der Waals surface area contributed by atoms with Gasteiger partial charge in [-0.05, 0) is 48.6 Å². The Morgan fingerprint density at radius 1 is 1.42 bits per heavy atom. The van der Waals surface area contributed by atoms with E-state index in [9.17, 15) is 0 Å². The van der Waals surface area contributed by atoms with Crippen molar-refractivity contribution in [1.29, 1.82) is 0 Å². The van der Waals surface area contributed by atoms with Crippen molar-refractivity contribution in [3.63, 3.8) is 0 Å². The Morgan fingerprint density at radius 2 is 2.26 bits per heavy atom. The molecule has 1 aromatic heterocycles. The number of hydrogen-bond donors (Lipinski definition) is 1. The number of fused-ring (bicyclic) bond motifs is 1. The molecule has 3 rings (SSSR count). The van der Waals surface area contributed by atoms with Crippen molar-refractivity contribution < 1.29 is 4.42 Å². The lowest BCUT2D eigenvalue weighted by atomic mass is 9.76. The van der Waals surface area contributed by atoms with E-state index in [1.54, 1.807) is 6.26 Å². The fourth-order valence-electron chi connectivity index (χ4n) is 2.90. The standard InChI is InChI=1S/C17H21NO/c1-3-18-17(14-5-4-6-14)12(2)15-8-7-13-9-10-19-16(13)11-15/h7-11,14,17-18H,2-6H2,1H3. The molecule has 2 heteroatoms. The summed E-state index contributed by atoms with van der Waals surface area (Å²) in [4.78, 5) is 0. The molecule has 0 radical (unpaired) electrons. The summed E-state index contributed by atoms with van der Waals surface area (Å²) in [5.74, 6) is 0.750. The SMILES string of the molecule is C=C(c1ccc2ccoc2c1)C(NCC)C1CCC1. The Kier molecular flexibility index (Phi) is 3.43. The smallest absolute Gasteiger partial charge is 0.134 e. The summed E-state index contributed by atoms with van der Waals surface area (Å²) in [6, 6.07) is 8.79. The van der Waals surface area contributed by atoms with Crippen LogP contribution >= 0.6 is 0 Å². The first kappa shape index (κ1) is 12.5. The number of likely N-dealkylation sites (N-methyl/N-ethyl adjacent to an activating group) is 1. The summed E-state index contributed by atoms with van der Waals surface area (Å²) < 4.78 is 5.49. The van der Waals surface area contributed by atoms with E-state index in [0.29, 0.717) is 6.04 Å². The second-order valence-electron chi connectivity index (χ2n) is 5.42. The van der Waals surface area contributed by atoms with Gasteiger partial charge in [0.2, 0.25) is 0 Å². The molecule has 1 heterocycles. The van der Waals surface area contributed by atoms with Gasteiger partial charge in [-0.15, -0.1) is 0 Å². The van der Waals surface area contributed by atoms with Gasteiger partial charge in [-0.1, -0.05) is 32.1 Å². The first-order chi connectivity index (χ1) is 9.29. The molecule has 2 aromatic rings. The zero-order valence-electron chi connectivity index (χ0n) is 11.5. The minimum Gasteiger partial charge on any atom is -0.464 e. The average Bonchev–Trinajstić information content (AvgIpc) is 2.82. The van der Waals surface area contributed by atoms with Gasteiger partial charge in [0.1, 0.15) is 5.58 Å². The van der Waals surface area contributed by atoms with Gasteiger partial charge < -0.3 is 9.73 Å². The van der Waals surface area contributed by atoms with E-state index >= 15 is 0 Å². The van der Waals surface area contributed by atoms with Gasteiger partial charge in [-0.2, -0.15) is 0 Å². The molecule has 1 atom stereocenters. The minimum absolute atomic E-state index is 0.408. The van der Waals surface area contributed by atoms with E-state index < -0.39 is 0 Å². The third kappa shape index (κ3) is 2.33. The Hall–Kier alpha value is -1.54. The predicted molar refractivity (Wildman–Crippen MR) is 80.1 cm³/mol. The van der Waals surface area contributed by atoms with Gasteiger partial charge in [0, 0.05) is 11.4 Å². The Labute approximate surface area is 114 Å². The second-order valence-corrected chi connectivity index (χ2v) is 5.42. The van der Waals surface area contributed by atoms with Crippen LogP contribution in [0.3, 0.4) is 0 Å². The van der Waals surface area contributed by atoms with E-state index in [4.69, 9.17) is 4.42 Å². The molecule has 1 unspecified atom stereocenters. The van der Waals surface area contributed by atoms with Gasteiger partial charge in [-0.3, -0.25) is 0 Å². The molecule has 1 N–H and O–H groups in total. The number of rotatable bonds is 5. The van der Waals surface area contributed by atoms with Crippen molar-refractivity contribution in [2.75, 3.05) is 6.54 Å². The third-order valence-electron chi connectivity index (χ3n) is 4.25. The minimum atomic E-state index is 0.408. The largest absolute Gasteiger partial charge is 0.464 e. The van der Waals surface area contributed by atoms with Gasteiger partial charge in [0.05, 0.1) is 6.26 Å². The van der Waals surface area contributed by atoms with Crippen LogP contribution in [0.5, 0.6) is 0 Å². The van der Waals surface area contributed by atoms with Gasteiger partial charge in [0.15, 0.2) is 0 Å². The Balaban J connectivity index is 1.87. The fourth-order valence-corrected chi connectivity index (χ4v) is 2.90. The van der Waals surface area contributed by atoms with Crippen LogP contribution in [0.15, 0.2) is 41.5 Å². The molecule has 1 aromatic carbocycles. The molecule has 0 saturated heterocycles. The van der Waals surface area contributed by atoms with Crippen LogP contribution in [-0.2, 0) is 0 Å². The molecule has 0 spiro atoms. The van der Waals surface area contributed by atoms with E-state index in [0.717, 1.165) is 23.4 Å². The number of nitrogens with one attached hydrogen (secondary N) is 1. The van der Waals surface area contributed by atoms with Crippen molar-refractivity contribution in [3.05, 3.63) is 42.7 Å². The maximum absolute atomic E-state index is 5.49. The van der Waals surface area contributed by atoms with Gasteiger partial charge in [-0.25, -0.2) is 0 Å². The lowest BCUT2D eigenvalue weighted by molar-refractivity contribution is 0.267. The molecular weight excluding hydrogens is 234 g/mol. The van der Waals surface area contributed by atoms with E-state index in [-0.39, 0.29) is 0 Å². The summed E-state index contributed by atoms with van der Waals surface area (Å²) in [7, 11) is 0. The molecule has 1 aliphatic carbocycles. The molecule has 1 saturated carbocycles. The highest BCUT2D eigenvalue weighted by Gasteiger charge is 2.29. The average molecular weight is 255 g/mol. The molecule has 1 aliphatic rings. The van der Waals surface area contributed by atoms with Crippen molar-refractivity contribution in [3.8, 4) is 0 Å². The highest BCUT2D eigenvalue weighted by atomic mass is 16.3. The zero-order valence-corrected chi connectivity index (χ0v) is 11.5. The fraction of sp³-hybridized carbons (Fsp3) is 0.412. The second kappa shape index (κ2) is 5.22. The summed E-state index contributed by atoms with van der Waals surface area (Å²) in [6.07, 6.45) is 5.74. The number of hydrogen-bond acceptors (Lipinski definition) is 2. The van der Waals surface area contributed by atoms with Crippen molar-refractivity contribution >= 4 is 16.5 Å². The molecule has 1 fully saturated rings. The van der Waals surface area contributed by atoms with Crippen LogP contribution in [0, 0.1) is 5.92 Å². The summed E-state index contributed by atoms with van der Waals surface area (Å²) in [6.45, 7) is 7.48. The molecular formula is C17H21NO. The van der Waals surface area contributed by atoms with Gasteiger partial charge >= 0.3 is 0 Å². The van der Waals surface area contributed by atoms with Crippen molar-refractivity contribution in [2.24, 2.45) is 5.92 Å². The lowest BCUT2D eigenvalue weighted by Crippen LogP contribution is -2.40. The topological polar surface area (TPSA) is 25.2 Å². The van der Waals surface area contributed by atoms with Crippen LogP contribution < -0.4 is 5.32 Å². The van der Waals surface area contributed by atoms with E-state index in [1.807, 2.05) is 6.07 Å². The Bertz CT molecular complexity index is 580. The molecule has 0 bridgehead atoms. The Morgan fingerprint density at radius 3 is 2.95 bits per heavy atom. The van der Waals surface area contributed by atoms with Crippen LogP contribution in [0.1, 0.15) is 31.7 Å². The molecule has 0 amide bonds. The van der Waals surface area contributed by atoms with Gasteiger partial charge in [0.25, 0.3) is 0 Å². The highest BCUT2D eigenvalue weighted by Crippen LogP contribution is 2.35. The quantitative estimate of drug-likeness (QED) is 0.865. The summed E-state index contributed by atoms with van der Waals surface area (Å²) in [5, 5.41) is 4.75. The molecule has 19 heavy (non-hydrogen) atoms. The lowest BCUT2D eigenvalue weighted by Gasteiger charge is -2.35. The molecule has 2 nitrogen and oxygen atoms in total. The van der Waals surface area contributed by atoms with Crippen molar-refractivity contribution in [2.45, 2.75) is 32.2 Å². The maximum atomic E-state index is 5.49. The van der Waals surface area contributed by atoms with E-state index in [2.05, 4.69) is 37.0 Å². The van der Waals surface area contributed by atoms with Crippen LogP contribution in [0.25, 0.3) is 16.5 Å². The summed E-state index contributed by atoms with van der Waals surface area (Å²) in [5.41, 5.74) is 3.34. The third-order valence-corrected chi connectivity index (χ3v) is 4.25. The van der Waals surface area contributed by atoms with E-state index in [1.165, 1.54) is 30.4 Å². The molecule has 100 valence electrons. The first-order valence-electron chi connectivity index (χ1n) is 7.19. The van der Waals surface area contributed by atoms with Crippen LogP contribution in [-0.4, -0.2) is 12.6 Å². The monoisotopic (exact) mass is 255 g/mol. The normalized spacial score (nSPS) is 17.3. The van der Waals surface area contributed by atoms with Crippen molar-refractivity contribution in [1.82, 2.24) is 5.32 Å². The number of benzene rings is 1. The summed E-state index contributed by atoms with van der Waals surface area (Å²) >= 11 is 0. The zero-order chi connectivity index (χ0) is 13.2.